The summed E-state index contributed by atoms with van der Waals surface area (Å²) in [4.78, 5) is 13.1. The van der Waals surface area contributed by atoms with Gasteiger partial charge in [-0.2, -0.15) is 0 Å². The maximum atomic E-state index is 14.2. The molecule has 26 heavy (non-hydrogen) atoms. The number of aryl methyl sites for hydroxylation is 1. The zero-order valence-electron chi connectivity index (χ0n) is 13.9. The molecule has 0 unspecified atom stereocenters. The highest BCUT2D eigenvalue weighted by atomic mass is 32.2. The summed E-state index contributed by atoms with van der Waals surface area (Å²) >= 11 is 0. The van der Waals surface area contributed by atoms with E-state index < -0.39 is 32.8 Å². The van der Waals surface area contributed by atoms with E-state index in [9.17, 15) is 22.0 Å². The standard InChI is InChI=1S/C19H17F2NO3S/c20-13-3-5-15(16(21)10-13)19(7-1-8-19)18(23)22-14-4-2-12-6-9-26(24,25)17(12)11-14/h2-5,10-11H,1,6-9H2,(H,22,23). The summed E-state index contributed by atoms with van der Waals surface area (Å²) in [7, 11) is -3.31. The van der Waals surface area contributed by atoms with Crippen molar-refractivity contribution in [2.45, 2.75) is 36.0 Å². The van der Waals surface area contributed by atoms with E-state index in [1.807, 2.05) is 0 Å². The molecule has 1 saturated carbocycles. The van der Waals surface area contributed by atoms with E-state index in [2.05, 4.69) is 5.32 Å². The first-order valence-electron chi connectivity index (χ1n) is 8.44. The highest BCUT2D eigenvalue weighted by molar-refractivity contribution is 7.91. The van der Waals surface area contributed by atoms with Gasteiger partial charge in [0.15, 0.2) is 9.84 Å². The van der Waals surface area contributed by atoms with Crippen LogP contribution in [0, 0.1) is 11.6 Å². The fourth-order valence-corrected chi connectivity index (χ4v) is 5.34. The molecule has 7 heteroatoms. The number of carbonyl (C=O) groups excluding carboxylic acids is 1. The summed E-state index contributed by atoms with van der Waals surface area (Å²) in [5, 5.41) is 2.73. The fourth-order valence-electron chi connectivity index (χ4n) is 3.76. The van der Waals surface area contributed by atoms with Gasteiger partial charge in [-0.3, -0.25) is 4.79 Å². The summed E-state index contributed by atoms with van der Waals surface area (Å²) in [5.41, 5.74) is 0.241. The van der Waals surface area contributed by atoms with Crippen molar-refractivity contribution in [3.05, 3.63) is 59.2 Å². The van der Waals surface area contributed by atoms with Crippen molar-refractivity contribution in [3.63, 3.8) is 0 Å². The zero-order valence-corrected chi connectivity index (χ0v) is 14.7. The smallest absolute Gasteiger partial charge is 0.235 e. The maximum Gasteiger partial charge on any atom is 0.235 e. The third-order valence-electron chi connectivity index (χ3n) is 5.39. The molecule has 1 heterocycles. The molecule has 1 fully saturated rings. The number of hydrogen-bond donors (Lipinski definition) is 1. The Balaban J connectivity index is 1.65. The highest BCUT2D eigenvalue weighted by Crippen LogP contribution is 2.45. The second kappa shape index (κ2) is 5.87. The quantitative estimate of drug-likeness (QED) is 0.892. The van der Waals surface area contributed by atoms with Gasteiger partial charge in [0.05, 0.1) is 16.1 Å². The normalized spacial score (nSPS) is 19.5. The topological polar surface area (TPSA) is 63.2 Å². The molecule has 4 rings (SSSR count). The highest BCUT2D eigenvalue weighted by Gasteiger charge is 2.47. The van der Waals surface area contributed by atoms with E-state index in [1.165, 1.54) is 12.1 Å². The molecule has 0 aromatic heterocycles. The molecule has 0 bridgehead atoms. The minimum absolute atomic E-state index is 0.0739. The lowest BCUT2D eigenvalue weighted by Crippen LogP contribution is -2.46. The van der Waals surface area contributed by atoms with Gasteiger partial charge in [-0.15, -0.1) is 0 Å². The molecule has 2 aliphatic rings. The number of anilines is 1. The number of sulfone groups is 1. The first-order valence-corrected chi connectivity index (χ1v) is 10.1. The van der Waals surface area contributed by atoms with Gasteiger partial charge in [0, 0.05) is 17.3 Å². The van der Waals surface area contributed by atoms with Crippen LogP contribution in [0.2, 0.25) is 0 Å². The molecule has 1 amide bonds. The Hall–Kier alpha value is -2.28. The lowest BCUT2D eigenvalue weighted by atomic mass is 9.63. The summed E-state index contributed by atoms with van der Waals surface area (Å²) in [6, 6.07) is 8.06. The molecule has 0 atom stereocenters. The van der Waals surface area contributed by atoms with E-state index in [0.717, 1.165) is 24.1 Å². The average molecular weight is 377 g/mol. The monoisotopic (exact) mass is 377 g/mol. The van der Waals surface area contributed by atoms with Crippen LogP contribution in [0.15, 0.2) is 41.3 Å². The Morgan fingerprint density at radius 3 is 2.50 bits per heavy atom. The average Bonchev–Trinajstić information content (AvgIpc) is 2.83. The molecule has 1 aliphatic heterocycles. The van der Waals surface area contributed by atoms with Crippen molar-refractivity contribution in [3.8, 4) is 0 Å². The maximum absolute atomic E-state index is 14.2. The van der Waals surface area contributed by atoms with Crippen LogP contribution < -0.4 is 5.32 Å². The summed E-state index contributed by atoms with van der Waals surface area (Å²) in [5.74, 6) is -1.75. The van der Waals surface area contributed by atoms with E-state index in [-0.39, 0.29) is 16.2 Å². The van der Waals surface area contributed by atoms with Crippen molar-refractivity contribution in [1.29, 1.82) is 0 Å². The Morgan fingerprint density at radius 2 is 1.85 bits per heavy atom. The van der Waals surface area contributed by atoms with Crippen molar-refractivity contribution in [1.82, 2.24) is 0 Å². The largest absolute Gasteiger partial charge is 0.325 e. The SMILES string of the molecule is O=C(Nc1ccc2c(c1)S(=O)(=O)CC2)C1(c2ccc(F)cc2F)CCC1. The Bertz CT molecular complexity index is 1010. The van der Waals surface area contributed by atoms with Gasteiger partial charge >= 0.3 is 0 Å². The predicted octanol–water partition coefficient (Wildman–Crippen LogP) is 3.36. The molecule has 1 aliphatic carbocycles. The van der Waals surface area contributed by atoms with Crippen LogP contribution in [-0.4, -0.2) is 20.1 Å². The molecule has 4 nitrogen and oxygen atoms in total. The number of halogens is 2. The van der Waals surface area contributed by atoms with Crippen LogP contribution in [0.5, 0.6) is 0 Å². The lowest BCUT2D eigenvalue weighted by Gasteiger charge is -2.40. The van der Waals surface area contributed by atoms with Crippen molar-refractivity contribution in [2.75, 3.05) is 11.1 Å². The van der Waals surface area contributed by atoms with Crippen LogP contribution in [-0.2, 0) is 26.5 Å². The third-order valence-corrected chi connectivity index (χ3v) is 7.18. The first kappa shape index (κ1) is 17.1. The number of nitrogens with one attached hydrogen (secondary N) is 1. The molecule has 0 radical (unpaired) electrons. The van der Waals surface area contributed by atoms with Crippen molar-refractivity contribution < 1.29 is 22.0 Å². The molecule has 0 spiro atoms. The van der Waals surface area contributed by atoms with E-state index in [1.54, 1.807) is 12.1 Å². The molecule has 2 aromatic carbocycles. The van der Waals surface area contributed by atoms with Gasteiger partial charge in [-0.1, -0.05) is 18.6 Å². The van der Waals surface area contributed by atoms with Gasteiger partial charge in [0.2, 0.25) is 5.91 Å². The number of amides is 1. The summed E-state index contributed by atoms with van der Waals surface area (Å²) in [6.07, 6.45) is 2.16. The predicted molar refractivity (Wildman–Crippen MR) is 92.7 cm³/mol. The number of rotatable bonds is 3. The van der Waals surface area contributed by atoms with Crippen LogP contribution in [0.1, 0.15) is 30.4 Å². The molecular weight excluding hydrogens is 360 g/mol. The van der Waals surface area contributed by atoms with Crippen LogP contribution in [0.4, 0.5) is 14.5 Å². The van der Waals surface area contributed by atoms with E-state index in [0.29, 0.717) is 24.9 Å². The van der Waals surface area contributed by atoms with Crippen LogP contribution >= 0.6 is 0 Å². The number of carbonyl (C=O) groups is 1. The summed E-state index contributed by atoms with van der Waals surface area (Å²) < 4.78 is 51.6. The number of benzene rings is 2. The molecule has 136 valence electrons. The van der Waals surface area contributed by atoms with Gasteiger partial charge < -0.3 is 5.32 Å². The Kier molecular flexibility index (Phi) is 3.87. The first-order chi connectivity index (χ1) is 12.3. The summed E-state index contributed by atoms with van der Waals surface area (Å²) in [6.45, 7) is 0. The molecule has 0 saturated heterocycles. The second-order valence-electron chi connectivity index (χ2n) is 6.91. The van der Waals surface area contributed by atoms with Crippen molar-refractivity contribution >= 4 is 21.4 Å². The lowest BCUT2D eigenvalue weighted by molar-refractivity contribution is -0.124. The number of hydrogen-bond acceptors (Lipinski definition) is 3. The van der Waals surface area contributed by atoms with Crippen LogP contribution in [0.3, 0.4) is 0 Å². The van der Waals surface area contributed by atoms with Crippen LogP contribution in [0.25, 0.3) is 0 Å². The fraction of sp³-hybridized carbons (Fsp3) is 0.316. The minimum Gasteiger partial charge on any atom is -0.325 e. The Labute approximate surface area is 150 Å². The second-order valence-corrected chi connectivity index (χ2v) is 8.98. The Morgan fingerprint density at radius 1 is 1.08 bits per heavy atom. The van der Waals surface area contributed by atoms with E-state index in [4.69, 9.17) is 0 Å². The number of fused-ring (bicyclic) bond motifs is 1. The van der Waals surface area contributed by atoms with Crippen molar-refractivity contribution in [2.24, 2.45) is 0 Å². The van der Waals surface area contributed by atoms with Gasteiger partial charge in [-0.25, -0.2) is 17.2 Å². The van der Waals surface area contributed by atoms with E-state index >= 15 is 0 Å². The molecule has 2 aromatic rings. The molecular formula is C19H17F2NO3S. The minimum atomic E-state index is -3.31. The zero-order chi connectivity index (χ0) is 18.5. The molecule has 1 N–H and O–H groups in total. The third kappa shape index (κ3) is 2.61. The van der Waals surface area contributed by atoms with Gasteiger partial charge in [-0.05, 0) is 43.0 Å². The van der Waals surface area contributed by atoms with Gasteiger partial charge in [0.1, 0.15) is 11.6 Å². The van der Waals surface area contributed by atoms with Gasteiger partial charge in [0.25, 0.3) is 0 Å².